The van der Waals surface area contributed by atoms with Crippen molar-refractivity contribution in [2.45, 2.75) is 25.2 Å². The molecule has 33 heavy (non-hydrogen) atoms. The highest BCUT2D eigenvalue weighted by Crippen LogP contribution is 2.22. The van der Waals surface area contributed by atoms with Crippen molar-refractivity contribution in [2.75, 3.05) is 52.1 Å². The fraction of sp³-hybridized carbons (Fsp3) is 0.417. The average molecular weight is 473 g/mol. The van der Waals surface area contributed by atoms with Gasteiger partial charge < -0.3 is 10.2 Å². The molecule has 1 aliphatic heterocycles. The number of benzene rings is 2. The molecule has 0 aromatic heterocycles. The maximum Gasteiger partial charge on any atom is 0.253 e. The van der Waals surface area contributed by atoms with Crippen molar-refractivity contribution in [3.63, 3.8) is 0 Å². The molecule has 1 N–H and O–H groups in total. The molecule has 0 bridgehead atoms. The highest BCUT2D eigenvalue weighted by atomic mass is 32.2. The van der Waals surface area contributed by atoms with Crippen molar-refractivity contribution in [2.24, 2.45) is 0 Å². The van der Waals surface area contributed by atoms with Crippen molar-refractivity contribution in [1.29, 1.82) is 0 Å². The van der Waals surface area contributed by atoms with E-state index in [1.165, 1.54) is 25.7 Å². The number of sulfonamides is 1. The molecule has 0 unspecified atom stereocenters. The molecule has 0 aliphatic carbocycles. The molecule has 9 heteroatoms. The Morgan fingerprint density at radius 3 is 2.21 bits per heavy atom. The van der Waals surface area contributed by atoms with Crippen molar-refractivity contribution >= 4 is 27.5 Å². The monoisotopic (exact) mass is 472 g/mol. The van der Waals surface area contributed by atoms with E-state index < -0.39 is 10.0 Å². The number of amides is 2. The number of hydrogen-bond donors (Lipinski definition) is 1. The van der Waals surface area contributed by atoms with Gasteiger partial charge in [0.2, 0.25) is 15.9 Å². The first-order chi connectivity index (χ1) is 15.6. The second-order valence-electron chi connectivity index (χ2n) is 8.43. The van der Waals surface area contributed by atoms with Gasteiger partial charge in [0.15, 0.2) is 0 Å². The standard InChI is InChI=1S/C24H32N4O4S/c1-5-19-7-9-20(10-8-19)24(30)28-14-12-27(13-15-28)17-23(29)25-21-11-6-18(2)22(16-21)33(31,32)26(3)4/h6-11,16H,5,12-15,17H2,1-4H3,(H,25,29). The minimum atomic E-state index is -3.60. The Kier molecular flexibility index (Phi) is 7.88. The van der Waals surface area contributed by atoms with E-state index in [2.05, 4.69) is 12.2 Å². The second kappa shape index (κ2) is 10.5. The molecule has 178 valence electrons. The molecular formula is C24H32N4O4S. The summed E-state index contributed by atoms with van der Waals surface area (Å²) in [6.45, 7) is 6.28. The van der Waals surface area contributed by atoms with Gasteiger partial charge in [-0.05, 0) is 48.7 Å². The third kappa shape index (κ3) is 5.98. The molecule has 2 aromatic carbocycles. The smallest absolute Gasteiger partial charge is 0.253 e. The van der Waals surface area contributed by atoms with E-state index in [1.54, 1.807) is 19.1 Å². The zero-order chi connectivity index (χ0) is 24.2. The van der Waals surface area contributed by atoms with Crippen molar-refractivity contribution < 1.29 is 18.0 Å². The number of nitrogens with one attached hydrogen (secondary N) is 1. The van der Waals surface area contributed by atoms with Gasteiger partial charge in [0.1, 0.15) is 0 Å². The number of aryl methyl sites for hydroxylation is 2. The summed E-state index contributed by atoms with van der Waals surface area (Å²) < 4.78 is 26.2. The van der Waals surface area contributed by atoms with Crippen LogP contribution in [0.2, 0.25) is 0 Å². The number of nitrogens with zero attached hydrogens (tertiary/aromatic N) is 3. The van der Waals surface area contributed by atoms with Crippen LogP contribution in [0.1, 0.15) is 28.4 Å². The number of carbonyl (C=O) groups excluding carboxylic acids is 2. The predicted molar refractivity (Wildman–Crippen MR) is 129 cm³/mol. The van der Waals surface area contributed by atoms with Crippen LogP contribution in [0.4, 0.5) is 5.69 Å². The van der Waals surface area contributed by atoms with Crippen LogP contribution >= 0.6 is 0 Å². The molecule has 1 heterocycles. The van der Waals surface area contributed by atoms with Gasteiger partial charge in [-0.15, -0.1) is 0 Å². The summed E-state index contributed by atoms with van der Waals surface area (Å²) in [5.74, 6) is -0.210. The van der Waals surface area contributed by atoms with E-state index in [9.17, 15) is 18.0 Å². The number of hydrogen-bond acceptors (Lipinski definition) is 5. The quantitative estimate of drug-likeness (QED) is 0.667. The molecule has 1 aliphatic rings. The lowest BCUT2D eigenvalue weighted by molar-refractivity contribution is -0.117. The van der Waals surface area contributed by atoms with E-state index in [0.29, 0.717) is 43.0 Å². The maximum atomic E-state index is 12.7. The molecule has 0 saturated carbocycles. The van der Waals surface area contributed by atoms with Crippen LogP contribution in [-0.4, -0.2) is 81.2 Å². The zero-order valence-electron chi connectivity index (χ0n) is 19.7. The SMILES string of the molecule is CCc1ccc(C(=O)N2CCN(CC(=O)Nc3ccc(C)c(S(=O)(=O)N(C)C)c3)CC2)cc1. The minimum absolute atomic E-state index is 0.0102. The van der Waals surface area contributed by atoms with Gasteiger partial charge in [-0.3, -0.25) is 14.5 Å². The van der Waals surface area contributed by atoms with E-state index in [1.807, 2.05) is 34.1 Å². The van der Waals surface area contributed by atoms with Gasteiger partial charge >= 0.3 is 0 Å². The molecule has 2 amide bonds. The molecule has 0 spiro atoms. The third-order valence-electron chi connectivity index (χ3n) is 5.87. The summed E-state index contributed by atoms with van der Waals surface area (Å²) >= 11 is 0. The fourth-order valence-electron chi connectivity index (χ4n) is 3.73. The first-order valence-corrected chi connectivity index (χ1v) is 12.5. The summed E-state index contributed by atoms with van der Waals surface area (Å²) in [5.41, 5.74) is 2.94. The third-order valence-corrected chi connectivity index (χ3v) is 7.82. The summed E-state index contributed by atoms with van der Waals surface area (Å²) in [7, 11) is -0.647. The number of anilines is 1. The minimum Gasteiger partial charge on any atom is -0.336 e. The van der Waals surface area contributed by atoms with Crippen LogP contribution in [0.3, 0.4) is 0 Å². The molecule has 1 saturated heterocycles. The van der Waals surface area contributed by atoms with Crippen LogP contribution in [0, 0.1) is 6.92 Å². The lowest BCUT2D eigenvalue weighted by Crippen LogP contribution is -2.50. The first kappa shape index (κ1) is 24.9. The summed E-state index contributed by atoms with van der Waals surface area (Å²) in [5, 5.41) is 2.79. The van der Waals surface area contributed by atoms with Gasteiger partial charge in [-0.2, -0.15) is 0 Å². The van der Waals surface area contributed by atoms with Gasteiger partial charge in [-0.25, -0.2) is 12.7 Å². The Morgan fingerprint density at radius 2 is 1.64 bits per heavy atom. The number of rotatable bonds is 7. The highest BCUT2D eigenvalue weighted by molar-refractivity contribution is 7.89. The lowest BCUT2D eigenvalue weighted by atomic mass is 10.1. The largest absolute Gasteiger partial charge is 0.336 e. The summed E-state index contributed by atoms with van der Waals surface area (Å²) in [4.78, 5) is 29.3. The Hall–Kier alpha value is -2.75. The number of piperazine rings is 1. The molecule has 1 fully saturated rings. The van der Waals surface area contributed by atoms with E-state index in [4.69, 9.17) is 0 Å². The lowest BCUT2D eigenvalue weighted by Gasteiger charge is -2.34. The topological polar surface area (TPSA) is 90.0 Å². The molecule has 2 aromatic rings. The maximum absolute atomic E-state index is 12.7. The van der Waals surface area contributed by atoms with E-state index in [0.717, 1.165) is 10.7 Å². The normalized spacial score (nSPS) is 15.0. The predicted octanol–water partition coefficient (Wildman–Crippen LogP) is 2.20. The Balaban J connectivity index is 1.55. The van der Waals surface area contributed by atoms with Gasteiger partial charge in [0.05, 0.1) is 11.4 Å². The molecule has 3 rings (SSSR count). The Morgan fingerprint density at radius 1 is 1.00 bits per heavy atom. The Bertz CT molecular complexity index is 1110. The summed E-state index contributed by atoms with van der Waals surface area (Å²) in [6.07, 6.45) is 0.935. The van der Waals surface area contributed by atoms with Gasteiger partial charge in [0, 0.05) is 51.5 Å². The van der Waals surface area contributed by atoms with Crippen LogP contribution in [0.25, 0.3) is 0 Å². The van der Waals surface area contributed by atoms with Crippen LogP contribution in [0.5, 0.6) is 0 Å². The van der Waals surface area contributed by atoms with Crippen molar-refractivity contribution in [1.82, 2.24) is 14.1 Å². The van der Waals surface area contributed by atoms with Crippen molar-refractivity contribution in [3.8, 4) is 0 Å². The van der Waals surface area contributed by atoms with Crippen molar-refractivity contribution in [3.05, 3.63) is 59.2 Å². The zero-order valence-corrected chi connectivity index (χ0v) is 20.5. The van der Waals surface area contributed by atoms with E-state index >= 15 is 0 Å². The molecular weight excluding hydrogens is 440 g/mol. The highest BCUT2D eigenvalue weighted by Gasteiger charge is 2.24. The molecule has 8 nitrogen and oxygen atoms in total. The summed E-state index contributed by atoms with van der Waals surface area (Å²) in [6, 6.07) is 12.6. The van der Waals surface area contributed by atoms with E-state index in [-0.39, 0.29) is 23.3 Å². The fourth-order valence-corrected chi connectivity index (χ4v) is 4.87. The second-order valence-corrected chi connectivity index (χ2v) is 10.6. The van der Waals surface area contributed by atoms with Crippen LogP contribution in [0.15, 0.2) is 47.4 Å². The Labute approximate surface area is 196 Å². The average Bonchev–Trinajstić information content (AvgIpc) is 2.80. The van der Waals surface area contributed by atoms with Gasteiger partial charge in [-0.1, -0.05) is 25.1 Å². The van der Waals surface area contributed by atoms with Gasteiger partial charge in [0.25, 0.3) is 5.91 Å². The van der Waals surface area contributed by atoms with Crippen LogP contribution < -0.4 is 5.32 Å². The first-order valence-electron chi connectivity index (χ1n) is 11.1. The molecule has 0 atom stereocenters. The van der Waals surface area contributed by atoms with Crippen LogP contribution in [-0.2, 0) is 21.2 Å². The number of carbonyl (C=O) groups is 2. The molecule has 0 radical (unpaired) electrons.